The summed E-state index contributed by atoms with van der Waals surface area (Å²) in [5.74, 6) is 0.314. The molecule has 1 amide bonds. The summed E-state index contributed by atoms with van der Waals surface area (Å²) in [6, 6.07) is 4.88. The van der Waals surface area contributed by atoms with Crippen molar-refractivity contribution < 1.29 is 9.53 Å². The second-order valence-corrected chi connectivity index (χ2v) is 3.00. The van der Waals surface area contributed by atoms with Crippen molar-refractivity contribution >= 4 is 11.6 Å². The summed E-state index contributed by atoms with van der Waals surface area (Å²) in [7, 11) is 1.51. The van der Waals surface area contributed by atoms with E-state index < -0.39 is 0 Å². The number of hydrogen-bond donors (Lipinski definition) is 3. The van der Waals surface area contributed by atoms with Gasteiger partial charge in [-0.2, -0.15) is 0 Å². The molecule has 15 heavy (non-hydrogen) atoms. The van der Waals surface area contributed by atoms with Crippen LogP contribution in [0.4, 0.5) is 5.69 Å². The zero-order valence-corrected chi connectivity index (χ0v) is 8.62. The van der Waals surface area contributed by atoms with Crippen LogP contribution in [0.2, 0.25) is 0 Å². The Morgan fingerprint density at radius 1 is 1.53 bits per heavy atom. The molecule has 0 saturated heterocycles. The van der Waals surface area contributed by atoms with Gasteiger partial charge in [-0.3, -0.25) is 4.79 Å². The summed E-state index contributed by atoms with van der Waals surface area (Å²) in [4.78, 5) is 11.5. The Hall–Kier alpha value is -1.75. The van der Waals surface area contributed by atoms with Crippen molar-refractivity contribution in [3.05, 3.63) is 23.8 Å². The highest BCUT2D eigenvalue weighted by molar-refractivity contribution is 5.95. The van der Waals surface area contributed by atoms with E-state index >= 15 is 0 Å². The van der Waals surface area contributed by atoms with E-state index in [0.29, 0.717) is 30.1 Å². The fraction of sp³-hybridized carbons (Fsp3) is 0.300. The minimum absolute atomic E-state index is 0.182. The lowest BCUT2D eigenvalue weighted by atomic mass is 10.2. The first-order valence-electron chi connectivity index (χ1n) is 4.61. The molecule has 0 spiro atoms. The summed E-state index contributed by atoms with van der Waals surface area (Å²) >= 11 is 0. The quantitative estimate of drug-likeness (QED) is 0.607. The molecule has 5 N–H and O–H groups in total. The minimum atomic E-state index is -0.182. The zero-order valence-electron chi connectivity index (χ0n) is 8.62. The highest BCUT2D eigenvalue weighted by atomic mass is 16.5. The third kappa shape index (κ3) is 2.85. The Labute approximate surface area is 88.4 Å². The number of carbonyl (C=O) groups is 1. The number of carbonyl (C=O) groups excluding carboxylic acids is 1. The lowest BCUT2D eigenvalue weighted by molar-refractivity contribution is 0.0954. The van der Waals surface area contributed by atoms with Gasteiger partial charge in [-0.1, -0.05) is 0 Å². The van der Waals surface area contributed by atoms with Crippen molar-refractivity contribution in [3.8, 4) is 5.75 Å². The van der Waals surface area contributed by atoms with E-state index in [2.05, 4.69) is 5.32 Å². The molecule has 5 nitrogen and oxygen atoms in total. The Morgan fingerprint density at radius 3 is 2.87 bits per heavy atom. The molecule has 0 heterocycles. The maximum absolute atomic E-state index is 11.5. The predicted molar refractivity (Wildman–Crippen MR) is 58.8 cm³/mol. The molecule has 0 aliphatic rings. The van der Waals surface area contributed by atoms with Gasteiger partial charge < -0.3 is 21.5 Å². The molecule has 0 aliphatic heterocycles. The normalized spacial score (nSPS) is 9.73. The maximum atomic E-state index is 11.5. The van der Waals surface area contributed by atoms with Crippen molar-refractivity contribution in [1.29, 1.82) is 0 Å². The average Bonchev–Trinajstić information content (AvgIpc) is 2.26. The Morgan fingerprint density at radius 2 is 2.27 bits per heavy atom. The first-order chi connectivity index (χ1) is 7.19. The van der Waals surface area contributed by atoms with Crippen LogP contribution in [-0.4, -0.2) is 26.1 Å². The lowest BCUT2D eigenvalue weighted by Crippen LogP contribution is -2.28. The summed E-state index contributed by atoms with van der Waals surface area (Å²) in [6.45, 7) is 0.864. The SMILES string of the molecule is COc1cc(C(=O)NCCN)ccc1N. The van der Waals surface area contributed by atoms with Gasteiger partial charge in [-0.25, -0.2) is 0 Å². The smallest absolute Gasteiger partial charge is 0.251 e. The molecule has 5 heteroatoms. The van der Waals surface area contributed by atoms with E-state index in [0.717, 1.165) is 0 Å². The Balaban J connectivity index is 2.81. The molecule has 0 radical (unpaired) electrons. The third-order valence-electron chi connectivity index (χ3n) is 1.93. The van der Waals surface area contributed by atoms with E-state index in [1.54, 1.807) is 18.2 Å². The largest absolute Gasteiger partial charge is 0.495 e. The number of nitrogen functional groups attached to an aromatic ring is 1. The highest BCUT2D eigenvalue weighted by Crippen LogP contribution is 2.21. The molecule has 0 fully saturated rings. The van der Waals surface area contributed by atoms with Gasteiger partial charge in [0.15, 0.2) is 0 Å². The standard InChI is InChI=1S/C10H15N3O2/c1-15-9-6-7(2-3-8(9)12)10(14)13-5-4-11/h2-3,6H,4-5,11-12H2,1H3,(H,13,14). The van der Waals surface area contributed by atoms with Gasteiger partial charge >= 0.3 is 0 Å². The second-order valence-electron chi connectivity index (χ2n) is 3.00. The Kier molecular flexibility index (Phi) is 3.93. The molecule has 0 atom stereocenters. The number of amides is 1. The molecular weight excluding hydrogens is 194 g/mol. The van der Waals surface area contributed by atoms with E-state index in [-0.39, 0.29) is 5.91 Å². The first kappa shape index (κ1) is 11.3. The van der Waals surface area contributed by atoms with E-state index in [9.17, 15) is 4.79 Å². The van der Waals surface area contributed by atoms with Crippen molar-refractivity contribution in [2.75, 3.05) is 25.9 Å². The van der Waals surface area contributed by atoms with E-state index in [4.69, 9.17) is 16.2 Å². The number of benzene rings is 1. The lowest BCUT2D eigenvalue weighted by Gasteiger charge is -2.07. The van der Waals surface area contributed by atoms with Crippen molar-refractivity contribution in [3.63, 3.8) is 0 Å². The topological polar surface area (TPSA) is 90.4 Å². The van der Waals surface area contributed by atoms with Gasteiger partial charge in [0.05, 0.1) is 12.8 Å². The summed E-state index contributed by atoms with van der Waals surface area (Å²) in [5.41, 5.74) is 11.9. The molecule has 0 unspecified atom stereocenters. The number of nitrogens with two attached hydrogens (primary N) is 2. The van der Waals surface area contributed by atoms with Crippen LogP contribution in [0.15, 0.2) is 18.2 Å². The van der Waals surface area contributed by atoms with Gasteiger partial charge in [-0.15, -0.1) is 0 Å². The number of methoxy groups -OCH3 is 1. The Bertz CT molecular complexity index is 353. The molecule has 0 aliphatic carbocycles. The fourth-order valence-corrected chi connectivity index (χ4v) is 1.14. The van der Waals surface area contributed by atoms with Gasteiger partial charge in [0.2, 0.25) is 0 Å². The van der Waals surface area contributed by atoms with Crippen LogP contribution in [-0.2, 0) is 0 Å². The zero-order chi connectivity index (χ0) is 11.3. The van der Waals surface area contributed by atoms with Crippen LogP contribution in [0, 0.1) is 0 Å². The molecule has 0 saturated carbocycles. The predicted octanol–water partition coefficient (Wildman–Crippen LogP) is -0.0341. The molecule has 1 aromatic rings. The average molecular weight is 209 g/mol. The molecule has 82 valence electrons. The third-order valence-corrected chi connectivity index (χ3v) is 1.93. The summed E-state index contributed by atoms with van der Waals surface area (Å²) < 4.78 is 5.01. The molecule has 0 bridgehead atoms. The van der Waals surface area contributed by atoms with E-state index in [1.807, 2.05) is 0 Å². The van der Waals surface area contributed by atoms with Crippen molar-refractivity contribution in [2.24, 2.45) is 5.73 Å². The van der Waals surface area contributed by atoms with Gasteiger partial charge in [0.1, 0.15) is 5.75 Å². The summed E-state index contributed by atoms with van der Waals surface area (Å²) in [6.07, 6.45) is 0. The number of rotatable bonds is 4. The van der Waals surface area contributed by atoms with Crippen LogP contribution < -0.4 is 21.5 Å². The molecular formula is C10H15N3O2. The number of nitrogens with one attached hydrogen (secondary N) is 1. The number of hydrogen-bond acceptors (Lipinski definition) is 4. The van der Waals surface area contributed by atoms with Gasteiger partial charge in [0, 0.05) is 18.7 Å². The maximum Gasteiger partial charge on any atom is 0.251 e. The number of anilines is 1. The van der Waals surface area contributed by atoms with Crippen LogP contribution in [0.3, 0.4) is 0 Å². The minimum Gasteiger partial charge on any atom is -0.495 e. The van der Waals surface area contributed by atoms with Crippen LogP contribution >= 0.6 is 0 Å². The fourth-order valence-electron chi connectivity index (χ4n) is 1.14. The van der Waals surface area contributed by atoms with Crippen molar-refractivity contribution in [2.45, 2.75) is 0 Å². The second kappa shape index (κ2) is 5.21. The monoisotopic (exact) mass is 209 g/mol. The molecule has 1 rings (SSSR count). The number of ether oxygens (including phenoxy) is 1. The van der Waals surface area contributed by atoms with Crippen LogP contribution in [0.5, 0.6) is 5.75 Å². The van der Waals surface area contributed by atoms with Gasteiger partial charge in [-0.05, 0) is 18.2 Å². The van der Waals surface area contributed by atoms with Gasteiger partial charge in [0.25, 0.3) is 5.91 Å². The van der Waals surface area contributed by atoms with Crippen molar-refractivity contribution in [1.82, 2.24) is 5.32 Å². The van der Waals surface area contributed by atoms with Crippen LogP contribution in [0.1, 0.15) is 10.4 Å². The first-order valence-corrected chi connectivity index (χ1v) is 4.61. The molecule has 1 aromatic carbocycles. The van der Waals surface area contributed by atoms with E-state index in [1.165, 1.54) is 7.11 Å². The summed E-state index contributed by atoms with van der Waals surface area (Å²) in [5, 5.41) is 2.66. The van der Waals surface area contributed by atoms with Crippen LogP contribution in [0.25, 0.3) is 0 Å². The highest BCUT2D eigenvalue weighted by Gasteiger charge is 2.07. The molecule has 0 aromatic heterocycles.